The van der Waals surface area contributed by atoms with Gasteiger partial charge in [0.2, 0.25) is 11.8 Å². The Morgan fingerprint density at radius 1 is 1.67 bits per heavy atom. The lowest BCUT2D eigenvalue weighted by atomic mass is 10.1. The molecule has 2 rings (SSSR count). The molecule has 0 saturated carbocycles. The van der Waals surface area contributed by atoms with E-state index in [0.29, 0.717) is 12.3 Å². The number of carbonyl (C=O) groups is 2. The van der Waals surface area contributed by atoms with Gasteiger partial charge in [0.15, 0.2) is 0 Å². The van der Waals surface area contributed by atoms with E-state index in [0.717, 1.165) is 5.69 Å². The van der Waals surface area contributed by atoms with E-state index >= 15 is 0 Å². The molecule has 1 aromatic rings. The molecule has 3 N–H and O–H groups in total. The van der Waals surface area contributed by atoms with Gasteiger partial charge >= 0.3 is 0 Å². The minimum absolute atomic E-state index is 0.0968. The fourth-order valence-electron chi connectivity index (χ4n) is 1.56. The van der Waals surface area contributed by atoms with Crippen molar-refractivity contribution in [2.75, 3.05) is 5.75 Å². The molecule has 7 heteroatoms. The highest BCUT2D eigenvalue weighted by atomic mass is 32.2. The zero-order valence-electron chi connectivity index (χ0n) is 10.3. The average Bonchev–Trinajstić information content (AvgIpc) is 2.82. The van der Waals surface area contributed by atoms with E-state index in [4.69, 9.17) is 0 Å². The average molecular weight is 268 g/mol. The molecule has 18 heavy (non-hydrogen) atoms. The van der Waals surface area contributed by atoms with E-state index in [1.807, 2.05) is 13.8 Å². The van der Waals surface area contributed by atoms with Crippen molar-refractivity contribution in [3.8, 4) is 0 Å². The number of H-pyrrole nitrogens is 1. The zero-order valence-corrected chi connectivity index (χ0v) is 11.1. The summed E-state index contributed by atoms with van der Waals surface area (Å²) in [6.07, 6.45) is 1.63. The van der Waals surface area contributed by atoms with Crippen LogP contribution in [0.5, 0.6) is 0 Å². The molecule has 0 spiro atoms. The molecule has 2 amide bonds. The van der Waals surface area contributed by atoms with Crippen molar-refractivity contribution in [2.24, 2.45) is 0 Å². The van der Waals surface area contributed by atoms with Gasteiger partial charge in [-0.05, 0) is 19.9 Å². The SMILES string of the molecule is CC1(C)SC[C@@H](C(=O)NCc2ccn[nH]2)NC1=O. The highest BCUT2D eigenvalue weighted by molar-refractivity contribution is 8.01. The summed E-state index contributed by atoms with van der Waals surface area (Å²) in [5, 5.41) is 12.1. The van der Waals surface area contributed by atoms with Crippen molar-refractivity contribution in [3.05, 3.63) is 18.0 Å². The number of aromatic amines is 1. The van der Waals surface area contributed by atoms with Gasteiger partial charge < -0.3 is 10.6 Å². The normalized spacial score (nSPS) is 22.3. The molecule has 0 bridgehead atoms. The van der Waals surface area contributed by atoms with Crippen molar-refractivity contribution in [3.63, 3.8) is 0 Å². The van der Waals surface area contributed by atoms with Crippen LogP contribution in [0, 0.1) is 0 Å². The number of amides is 2. The van der Waals surface area contributed by atoms with Crippen molar-refractivity contribution >= 4 is 23.6 Å². The summed E-state index contributed by atoms with van der Waals surface area (Å²) in [6.45, 7) is 4.09. The van der Waals surface area contributed by atoms with Crippen molar-refractivity contribution in [1.82, 2.24) is 20.8 Å². The standard InChI is InChI=1S/C11H16N4O2S/c1-11(2)10(17)14-8(6-18-11)9(16)12-5-7-3-4-13-15-7/h3-4,8H,5-6H2,1-2H3,(H,12,16)(H,13,15)(H,14,17)/t8-/m0/s1. The smallest absolute Gasteiger partial charge is 0.243 e. The van der Waals surface area contributed by atoms with Crippen LogP contribution in [0.25, 0.3) is 0 Å². The molecule has 1 aromatic heterocycles. The summed E-state index contributed by atoms with van der Waals surface area (Å²) in [4.78, 5) is 23.6. The first-order valence-corrected chi connectivity index (χ1v) is 6.68. The molecule has 0 radical (unpaired) electrons. The first kappa shape index (κ1) is 12.9. The van der Waals surface area contributed by atoms with Crippen LogP contribution in [-0.4, -0.2) is 38.6 Å². The fraction of sp³-hybridized carbons (Fsp3) is 0.545. The Hall–Kier alpha value is -1.50. The van der Waals surface area contributed by atoms with Crippen LogP contribution in [-0.2, 0) is 16.1 Å². The molecule has 0 unspecified atom stereocenters. The number of hydrogen-bond donors (Lipinski definition) is 3. The molecule has 0 aliphatic carbocycles. The summed E-state index contributed by atoms with van der Waals surface area (Å²) in [5.74, 6) is 0.328. The maximum atomic E-state index is 11.9. The van der Waals surface area contributed by atoms with E-state index < -0.39 is 10.8 Å². The molecule has 1 aliphatic heterocycles. The van der Waals surface area contributed by atoms with Crippen molar-refractivity contribution < 1.29 is 9.59 Å². The zero-order chi connectivity index (χ0) is 13.2. The molecular formula is C11H16N4O2S. The van der Waals surface area contributed by atoms with Gasteiger partial charge in [0.05, 0.1) is 17.0 Å². The summed E-state index contributed by atoms with van der Waals surface area (Å²) in [6, 6.07) is 1.33. The van der Waals surface area contributed by atoms with Crippen LogP contribution in [0.15, 0.2) is 12.3 Å². The number of aromatic nitrogens is 2. The van der Waals surface area contributed by atoms with Crippen LogP contribution in [0.2, 0.25) is 0 Å². The third-order valence-corrected chi connectivity index (χ3v) is 4.20. The van der Waals surface area contributed by atoms with Gasteiger partial charge in [0.25, 0.3) is 0 Å². The third-order valence-electron chi connectivity index (χ3n) is 2.79. The summed E-state index contributed by atoms with van der Waals surface area (Å²) in [5.41, 5.74) is 0.832. The second-order valence-corrected chi connectivity index (χ2v) is 6.29. The van der Waals surface area contributed by atoms with Gasteiger partial charge in [0.1, 0.15) is 6.04 Å². The lowest BCUT2D eigenvalue weighted by molar-refractivity contribution is -0.129. The molecule has 2 heterocycles. The maximum absolute atomic E-state index is 11.9. The highest BCUT2D eigenvalue weighted by Crippen LogP contribution is 2.28. The second-order valence-electron chi connectivity index (χ2n) is 4.65. The van der Waals surface area contributed by atoms with Crippen LogP contribution in [0.4, 0.5) is 0 Å². The van der Waals surface area contributed by atoms with E-state index in [1.54, 1.807) is 12.3 Å². The lowest BCUT2D eigenvalue weighted by Crippen LogP contribution is -2.57. The van der Waals surface area contributed by atoms with Crippen LogP contribution < -0.4 is 10.6 Å². The summed E-state index contributed by atoms with van der Waals surface area (Å²) >= 11 is 1.50. The topological polar surface area (TPSA) is 86.9 Å². The number of hydrogen-bond acceptors (Lipinski definition) is 4. The predicted octanol–water partition coefficient (Wildman–Crippen LogP) is 0.0361. The Morgan fingerprint density at radius 3 is 3.06 bits per heavy atom. The monoisotopic (exact) mass is 268 g/mol. The Labute approximate surface area is 109 Å². The van der Waals surface area contributed by atoms with Gasteiger partial charge in [-0.15, -0.1) is 11.8 Å². The minimum Gasteiger partial charge on any atom is -0.349 e. The lowest BCUT2D eigenvalue weighted by Gasteiger charge is -2.32. The van der Waals surface area contributed by atoms with E-state index in [1.165, 1.54) is 11.8 Å². The molecule has 1 atom stereocenters. The van der Waals surface area contributed by atoms with Crippen LogP contribution >= 0.6 is 11.8 Å². The van der Waals surface area contributed by atoms with Crippen LogP contribution in [0.3, 0.4) is 0 Å². The van der Waals surface area contributed by atoms with Crippen molar-refractivity contribution in [1.29, 1.82) is 0 Å². The predicted molar refractivity (Wildman–Crippen MR) is 68.9 cm³/mol. The minimum atomic E-state index is -0.460. The van der Waals surface area contributed by atoms with Gasteiger partial charge in [-0.2, -0.15) is 5.10 Å². The fourth-order valence-corrected chi connectivity index (χ4v) is 2.57. The van der Waals surface area contributed by atoms with E-state index in [2.05, 4.69) is 20.8 Å². The molecule has 1 fully saturated rings. The third kappa shape index (κ3) is 2.84. The van der Waals surface area contributed by atoms with Gasteiger partial charge in [-0.1, -0.05) is 0 Å². The molecular weight excluding hydrogens is 252 g/mol. The second kappa shape index (κ2) is 5.01. The van der Waals surface area contributed by atoms with Gasteiger partial charge in [0, 0.05) is 11.9 Å². The number of nitrogens with one attached hydrogen (secondary N) is 3. The van der Waals surface area contributed by atoms with Crippen LogP contribution in [0.1, 0.15) is 19.5 Å². The number of carbonyl (C=O) groups excluding carboxylic acids is 2. The quantitative estimate of drug-likeness (QED) is 0.722. The largest absolute Gasteiger partial charge is 0.349 e. The first-order chi connectivity index (χ1) is 8.49. The van der Waals surface area contributed by atoms with Crippen molar-refractivity contribution in [2.45, 2.75) is 31.2 Å². The Morgan fingerprint density at radius 2 is 2.44 bits per heavy atom. The van der Waals surface area contributed by atoms with Gasteiger partial charge in [-0.3, -0.25) is 14.7 Å². The van der Waals surface area contributed by atoms with E-state index in [-0.39, 0.29) is 11.8 Å². The Kier molecular flexibility index (Phi) is 3.60. The highest BCUT2D eigenvalue weighted by Gasteiger charge is 2.37. The van der Waals surface area contributed by atoms with Gasteiger partial charge in [-0.25, -0.2) is 0 Å². The summed E-state index contributed by atoms with van der Waals surface area (Å²) in [7, 11) is 0. The molecule has 98 valence electrons. The molecule has 0 aromatic carbocycles. The number of nitrogens with zero attached hydrogens (tertiary/aromatic N) is 1. The molecule has 6 nitrogen and oxygen atoms in total. The maximum Gasteiger partial charge on any atom is 0.243 e. The Bertz CT molecular complexity index is 444. The molecule has 1 saturated heterocycles. The molecule has 1 aliphatic rings. The Balaban J connectivity index is 1.85. The number of rotatable bonds is 3. The van der Waals surface area contributed by atoms with E-state index in [9.17, 15) is 9.59 Å². The number of thioether (sulfide) groups is 1. The summed E-state index contributed by atoms with van der Waals surface area (Å²) < 4.78 is -0.458. The first-order valence-electron chi connectivity index (χ1n) is 5.70.